The highest BCUT2D eigenvalue weighted by molar-refractivity contribution is 6.34. The normalized spacial score (nSPS) is 12.5. The van der Waals surface area contributed by atoms with Gasteiger partial charge >= 0.3 is 11.7 Å². The third-order valence-electron chi connectivity index (χ3n) is 8.60. The van der Waals surface area contributed by atoms with Crippen LogP contribution in [0.2, 0.25) is 0 Å². The molecule has 264 valence electrons. The summed E-state index contributed by atoms with van der Waals surface area (Å²) in [5.41, 5.74) is 3.41. The number of fused-ring (bicyclic) bond motifs is 4. The highest BCUT2D eigenvalue weighted by Crippen LogP contribution is 2.47. The molecule has 6 rings (SSSR count). The molecule has 0 heterocycles. The van der Waals surface area contributed by atoms with Crippen LogP contribution in [0, 0.1) is 34.1 Å². The van der Waals surface area contributed by atoms with E-state index < -0.39 is 118 Å². The number of nitro groups is 2. The number of carbonyl (C=O) groups is 6. The zero-order valence-corrected chi connectivity index (χ0v) is 26.7. The number of anilines is 2. The van der Waals surface area contributed by atoms with E-state index in [1.54, 1.807) is 0 Å². The Morgan fingerprint density at radius 1 is 0.615 bits per heavy atom. The summed E-state index contributed by atoms with van der Waals surface area (Å²) in [5.74, 6) is -9.31. The molecule has 0 spiro atoms. The van der Waals surface area contributed by atoms with E-state index >= 15 is 0 Å². The fourth-order valence-electron chi connectivity index (χ4n) is 6.39. The first-order valence-corrected chi connectivity index (χ1v) is 14.4. The Morgan fingerprint density at radius 2 is 1.08 bits per heavy atom. The molecule has 0 radical (unpaired) electrons. The lowest BCUT2D eigenvalue weighted by atomic mass is 9.78. The Morgan fingerprint density at radius 3 is 1.58 bits per heavy atom. The number of nitrogens with zero attached hydrogens (tertiary/aromatic N) is 2. The average Bonchev–Trinajstić information content (AvgIpc) is 3.04. The zero-order valence-electron chi connectivity index (χ0n) is 26.7. The Hall–Kier alpha value is -7.70. The number of carbonyl (C=O) groups excluding carboxylic acids is 5. The summed E-state index contributed by atoms with van der Waals surface area (Å²) < 4.78 is 0. The van der Waals surface area contributed by atoms with Gasteiger partial charge in [-0.3, -0.25) is 44.2 Å². The number of nitrogens with two attached hydrogens (primary N) is 2. The molecule has 2 aliphatic rings. The average molecular weight is 715 g/mol. The molecule has 0 fully saturated rings. The van der Waals surface area contributed by atoms with Crippen molar-refractivity contribution in [2.75, 3.05) is 11.5 Å². The smallest absolute Gasteiger partial charge is 0.339 e. The van der Waals surface area contributed by atoms with Gasteiger partial charge in [0.05, 0.1) is 43.4 Å². The number of phenolic OH excluding ortho intramolecular Hbond substituents is 3. The van der Waals surface area contributed by atoms with Crippen LogP contribution in [-0.2, 0) is 0 Å². The SMILES string of the molecule is CC(=O)c1c(C)c2c(c([N+](=O)[O-])c1O)C(=O)c1c([N+](=O)[O-])ccc(O)c1C2=O.Cc1c(C(=O)O)c(O)c(N)c2c1C(=O)c1c(O)ccc(N)c1C2=O. The number of carboxylic acid groups (broad SMARTS) is 1. The van der Waals surface area contributed by atoms with Crippen molar-refractivity contribution in [1.29, 1.82) is 0 Å². The van der Waals surface area contributed by atoms with E-state index in [1.165, 1.54) is 26.0 Å². The standard InChI is InChI=1S/C17H10N2O9.C16H12N2O6/c1-5-9(6(2)20)17(24)14(19(27)28)13-10(5)15(22)12-8(21)4-3-7(18(25)26)11(12)16(13)23;1-4-7-11(12(18)15(22)8(4)16(23)24)14(21)9-5(17)2-3-6(19)10(9)13(7)20/h3-4,21,24H,1-2H3;2-3,19,22H,17-18H2,1H3,(H,23,24). The van der Waals surface area contributed by atoms with Crippen molar-refractivity contribution in [3.05, 3.63) is 111 Å². The number of nitro benzene ring substituents is 2. The van der Waals surface area contributed by atoms with E-state index in [1.807, 2.05) is 0 Å². The van der Waals surface area contributed by atoms with Gasteiger partial charge < -0.3 is 37.0 Å². The summed E-state index contributed by atoms with van der Waals surface area (Å²) >= 11 is 0. The third-order valence-corrected chi connectivity index (χ3v) is 8.60. The molecule has 0 saturated carbocycles. The second kappa shape index (κ2) is 12.0. The molecular formula is C33H22N4O15. The lowest BCUT2D eigenvalue weighted by Gasteiger charge is -2.24. The number of Topliss-reactive ketones (excluding diaryl/α,β-unsaturated/α-hetero) is 1. The summed E-state index contributed by atoms with van der Waals surface area (Å²) in [5, 5.41) is 72.3. The van der Waals surface area contributed by atoms with Gasteiger partial charge in [0, 0.05) is 22.9 Å². The Balaban J connectivity index is 0.000000203. The summed E-state index contributed by atoms with van der Waals surface area (Å²) in [6.07, 6.45) is 0. The molecule has 19 nitrogen and oxygen atoms in total. The van der Waals surface area contributed by atoms with Gasteiger partial charge in [-0.1, -0.05) is 0 Å². The van der Waals surface area contributed by atoms with Crippen LogP contribution in [0.5, 0.6) is 23.0 Å². The maximum Gasteiger partial charge on any atom is 0.339 e. The summed E-state index contributed by atoms with van der Waals surface area (Å²) in [6, 6.07) is 4.07. The van der Waals surface area contributed by atoms with Gasteiger partial charge in [0.1, 0.15) is 28.2 Å². The van der Waals surface area contributed by atoms with Crippen LogP contribution in [0.4, 0.5) is 22.7 Å². The molecule has 0 amide bonds. The highest BCUT2D eigenvalue weighted by Gasteiger charge is 2.46. The molecule has 0 aliphatic heterocycles. The number of ketones is 5. The summed E-state index contributed by atoms with van der Waals surface area (Å²) in [6.45, 7) is 3.48. The first kappa shape index (κ1) is 35.6. The van der Waals surface area contributed by atoms with Crippen LogP contribution >= 0.6 is 0 Å². The Bertz CT molecular complexity index is 2480. The number of carboxylic acids is 1. The van der Waals surface area contributed by atoms with E-state index in [9.17, 15) is 74.5 Å². The number of phenols is 4. The second-order valence-electron chi connectivity index (χ2n) is 11.4. The van der Waals surface area contributed by atoms with Gasteiger partial charge in [-0.25, -0.2) is 4.79 Å². The summed E-state index contributed by atoms with van der Waals surface area (Å²) in [4.78, 5) is 95.4. The van der Waals surface area contributed by atoms with Crippen molar-refractivity contribution in [2.24, 2.45) is 0 Å². The molecule has 4 aromatic carbocycles. The lowest BCUT2D eigenvalue weighted by Crippen LogP contribution is -2.26. The third kappa shape index (κ3) is 4.82. The minimum absolute atomic E-state index is 0.0364. The van der Waals surface area contributed by atoms with Gasteiger partial charge in [0.25, 0.3) is 5.69 Å². The van der Waals surface area contributed by atoms with Crippen molar-refractivity contribution in [3.8, 4) is 23.0 Å². The van der Waals surface area contributed by atoms with Crippen LogP contribution in [0.3, 0.4) is 0 Å². The van der Waals surface area contributed by atoms with Crippen molar-refractivity contribution >= 4 is 57.6 Å². The van der Waals surface area contributed by atoms with Gasteiger partial charge in [-0.05, 0) is 50.1 Å². The summed E-state index contributed by atoms with van der Waals surface area (Å²) in [7, 11) is 0. The van der Waals surface area contributed by atoms with Crippen molar-refractivity contribution < 1.29 is 64.1 Å². The first-order chi connectivity index (χ1) is 24.2. The first-order valence-electron chi connectivity index (χ1n) is 14.4. The molecule has 19 heteroatoms. The maximum absolute atomic E-state index is 13.0. The molecule has 2 aliphatic carbocycles. The number of aromatic carboxylic acids is 1. The number of rotatable bonds is 4. The van der Waals surface area contributed by atoms with E-state index in [0.29, 0.717) is 0 Å². The molecular weight excluding hydrogens is 692 g/mol. The van der Waals surface area contributed by atoms with Gasteiger partial charge in [0.2, 0.25) is 11.5 Å². The molecule has 0 bridgehead atoms. The molecule has 9 N–H and O–H groups in total. The number of aromatic hydroxyl groups is 4. The number of benzene rings is 4. The Labute approximate surface area is 288 Å². The van der Waals surface area contributed by atoms with Crippen molar-refractivity contribution in [1.82, 2.24) is 0 Å². The molecule has 0 unspecified atom stereocenters. The zero-order chi connectivity index (χ0) is 39.0. The van der Waals surface area contributed by atoms with Crippen LogP contribution < -0.4 is 11.5 Å². The highest BCUT2D eigenvalue weighted by atomic mass is 16.6. The van der Waals surface area contributed by atoms with Crippen LogP contribution in [0.15, 0.2) is 24.3 Å². The number of nitrogen functional groups attached to an aromatic ring is 2. The molecule has 0 aromatic heterocycles. The monoisotopic (exact) mass is 714 g/mol. The molecule has 0 atom stereocenters. The van der Waals surface area contributed by atoms with Crippen molar-refractivity contribution in [2.45, 2.75) is 20.8 Å². The van der Waals surface area contributed by atoms with Crippen molar-refractivity contribution in [3.63, 3.8) is 0 Å². The molecule has 52 heavy (non-hydrogen) atoms. The minimum Gasteiger partial charge on any atom is -0.507 e. The number of hydrogen-bond donors (Lipinski definition) is 7. The topological polar surface area (TPSA) is 342 Å². The minimum atomic E-state index is -1.50. The van der Waals surface area contributed by atoms with Crippen LogP contribution in [0.25, 0.3) is 0 Å². The van der Waals surface area contributed by atoms with Gasteiger partial charge in [-0.15, -0.1) is 0 Å². The van der Waals surface area contributed by atoms with E-state index in [4.69, 9.17) is 11.5 Å². The van der Waals surface area contributed by atoms with Crippen LogP contribution in [-0.4, -0.2) is 70.3 Å². The molecule has 0 saturated heterocycles. The predicted molar refractivity (Wildman–Crippen MR) is 175 cm³/mol. The van der Waals surface area contributed by atoms with Gasteiger partial charge in [0.15, 0.2) is 28.9 Å². The second-order valence-corrected chi connectivity index (χ2v) is 11.4. The van der Waals surface area contributed by atoms with Gasteiger partial charge in [-0.2, -0.15) is 0 Å². The Kier molecular flexibility index (Phi) is 8.23. The fourth-order valence-corrected chi connectivity index (χ4v) is 6.39. The lowest BCUT2D eigenvalue weighted by molar-refractivity contribution is -0.386. The molecule has 4 aromatic rings. The maximum atomic E-state index is 13.0. The largest absolute Gasteiger partial charge is 0.507 e. The quantitative estimate of drug-likeness (QED) is 0.0344. The van der Waals surface area contributed by atoms with E-state index in [0.717, 1.165) is 19.1 Å². The number of hydrogen-bond acceptors (Lipinski definition) is 16. The predicted octanol–water partition coefficient (Wildman–Crippen LogP) is 3.24. The van der Waals surface area contributed by atoms with E-state index in [2.05, 4.69) is 0 Å². The van der Waals surface area contributed by atoms with E-state index in [-0.39, 0.29) is 39.1 Å². The fraction of sp³-hybridized carbons (Fsp3) is 0.0909. The van der Waals surface area contributed by atoms with Crippen LogP contribution in [0.1, 0.15) is 102 Å².